The molecule has 2 fully saturated rings. The summed E-state index contributed by atoms with van der Waals surface area (Å²) in [7, 11) is 1.62. The minimum atomic E-state index is -0.244. The van der Waals surface area contributed by atoms with Gasteiger partial charge in [0.2, 0.25) is 0 Å². The summed E-state index contributed by atoms with van der Waals surface area (Å²) >= 11 is 0. The van der Waals surface area contributed by atoms with E-state index in [1.807, 2.05) is 6.07 Å². The predicted molar refractivity (Wildman–Crippen MR) is 98.2 cm³/mol. The standard InChI is InChI=1S/C17H25FN2O2.2ClH/c1-21-16-12-14(18)2-3-15(16)17(13-4-10-22-11-5-13)20-8-6-19-7-9-20;;/h2-3,12-13,17,19H,4-11H2,1H3;2*1H/t17-;;/m0../s1. The maximum Gasteiger partial charge on any atom is 0.126 e. The first-order chi connectivity index (χ1) is 10.8. The van der Waals surface area contributed by atoms with Crippen LogP contribution in [0.4, 0.5) is 4.39 Å². The van der Waals surface area contributed by atoms with Gasteiger partial charge in [-0.1, -0.05) is 6.07 Å². The molecule has 2 aliphatic heterocycles. The van der Waals surface area contributed by atoms with Crippen molar-refractivity contribution in [3.05, 3.63) is 29.6 Å². The van der Waals surface area contributed by atoms with E-state index >= 15 is 0 Å². The van der Waals surface area contributed by atoms with Crippen LogP contribution in [-0.4, -0.2) is 51.4 Å². The molecule has 2 heterocycles. The first kappa shape index (κ1) is 21.5. The zero-order chi connectivity index (χ0) is 15.4. The number of nitrogens with zero attached hydrogens (tertiary/aromatic N) is 1. The van der Waals surface area contributed by atoms with Crippen LogP contribution in [0, 0.1) is 11.7 Å². The summed E-state index contributed by atoms with van der Waals surface area (Å²) in [6.45, 7) is 5.67. The molecule has 7 heteroatoms. The van der Waals surface area contributed by atoms with Crippen molar-refractivity contribution in [2.75, 3.05) is 46.5 Å². The number of halogens is 3. The maximum atomic E-state index is 13.6. The van der Waals surface area contributed by atoms with Gasteiger partial charge in [0.05, 0.1) is 7.11 Å². The van der Waals surface area contributed by atoms with Gasteiger partial charge in [-0.15, -0.1) is 24.8 Å². The van der Waals surface area contributed by atoms with E-state index in [2.05, 4.69) is 10.2 Å². The summed E-state index contributed by atoms with van der Waals surface area (Å²) in [5.74, 6) is 0.952. The molecule has 1 aromatic carbocycles. The molecular weight excluding hydrogens is 354 g/mol. The third-order valence-corrected chi connectivity index (χ3v) is 4.77. The van der Waals surface area contributed by atoms with Crippen molar-refractivity contribution in [1.82, 2.24) is 10.2 Å². The van der Waals surface area contributed by atoms with Crippen molar-refractivity contribution in [1.29, 1.82) is 0 Å². The molecule has 1 aromatic rings. The van der Waals surface area contributed by atoms with Crippen molar-refractivity contribution in [3.63, 3.8) is 0 Å². The lowest BCUT2D eigenvalue weighted by molar-refractivity contribution is 0.0206. The third kappa shape index (κ3) is 4.96. The van der Waals surface area contributed by atoms with E-state index in [1.54, 1.807) is 13.2 Å². The number of nitrogens with one attached hydrogen (secondary N) is 1. The van der Waals surface area contributed by atoms with Crippen molar-refractivity contribution >= 4 is 24.8 Å². The van der Waals surface area contributed by atoms with E-state index in [4.69, 9.17) is 9.47 Å². The minimum Gasteiger partial charge on any atom is -0.496 e. The summed E-state index contributed by atoms with van der Waals surface area (Å²) in [6, 6.07) is 5.23. The molecule has 1 N–H and O–H groups in total. The third-order valence-electron chi connectivity index (χ3n) is 4.77. The Balaban J connectivity index is 0.00000144. The van der Waals surface area contributed by atoms with Gasteiger partial charge in [0.25, 0.3) is 0 Å². The van der Waals surface area contributed by atoms with E-state index in [9.17, 15) is 4.39 Å². The molecule has 0 bridgehead atoms. The summed E-state index contributed by atoms with van der Waals surface area (Å²) in [5, 5.41) is 3.40. The molecule has 2 aliphatic rings. The molecule has 0 aromatic heterocycles. The van der Waals surface area contributed by atoms with Crippen LogP contribution in [0.2, 0.25) is 0 Å². The normalized spacial score (nSPS) is 20.6. The van der Waals surface area contributed by atoms with Crippen LogP contribution in [0.5, 0.6) is 5.75 Å². The zero-order valence-electron chi connectivity index (χ0n) is 14.0. The molecule has 0 amide bonds. The van der Waals surface area contributed by atoms with E-state index in [0.29, 0.717) is 11.7 Å². The molecule has 2 saturated heterocycles. The highest BCUT2D eigenvalue weighted by Crippen LogP contribution is 2.39. The smallest absolute Gasteiger partial charge is 0.126 e. The number of rotatable bonds is 4. The molecule has 3 rings (SSSR count). The van der Waals surface area contributed by atoms with Crippen LogP contribution in [0.1, 0.15) is 24.4 Å². The number of hydrogen-bond donors (Lipinski definition) is 1. The Labute approximate surface area is 155 Å². The predicted octanol–water partition coefficient (Wildman–Crippen LogP) is 3.05. The Morgan fingerprint density at radius 2 is 1.88 bits per heavy atom. The van der Waals surface area contributed by atoms with Crippen molar-refractivity contribution < 1.29 is 13.9 Å². The molecule has 0 aliphatic carbocycles. The molecule has 0 saturated carbocycles. The number of benzene rings is 1. The second-order valence-electron chi connectivity index (χ2n) is 6.07. The van der Waals surface area contributed by atoms with Gasteiger partial charge in [0, 0.05) is 57.1 Å². The first-order valence-corrected chi connectivity index (χ1v) is 8.15. The average molecular weight is 381 g/mol. The molecule has 0 radical (unpaired) electrons. The Morgan fingerprint density at radius 1 is 1.21 bits per heavy atom. The van der Waals surface area contributed by atoms with Crippen LogP contribution in [0.3, 0.4) is 0 Å². The Hall–Kier alpha value is -0.590. The van der Waals surface area contributed by atoms with E-state index in [0.717, 1.165) is 57.8 Å². The highest BCUT2D eigenvalue weighted by Gasteiger charge is 2.33. The highest BCUT2D eigenvalue weighted by atomic mass is 35.5. The molecule has 0 unspecified atom stereocenters. The monoisotopic (exact) mass is 380 g/mol. The Bertz CT molecular complexity index is 477. The molecule has 4 nitrogen and oxygen atoms in total. The quantitative estimate of drug-likeness (QED) is 0.870. The van der Waals surface area contributed by atoms with Crippen LogP contribution in [-0.2, 0) is 4.74 Å². The largest absolute Gasteiger partial charge is 0.496 e. The molecule has 1 atom stereocenters. The van der Waals surface area contributed by atoms with Crippen LogP contribution in [0.15, 0.2) is 18.2 Å². The van der Waals surface area contributed by atoms with Gasteiger partial charge in [-0.25, -0.2) is 4.39 Å². The van der Waals surface area contributed by atoms with Gasteiger partial charge in [0.1, 0.15) is 11.6 Å². The van der Waals surface area contributed by atoms with Gasteiger partial charge in [-0.3, -0.25) is 4.90 Å². The highest BCUT2D eigenvalue weighted by molar-refractivity contribution is 5.85. The summed E-state index contributed by atoms with van der Waals surface area (Å²) < 4.78 is 24.6. The number of ether oxygens (including phenoxy) is 2. The van der Waals surface area contributed by atoms with Crippen LogP contribution < -0.4 is 10.1 Å². The Kier molecular flexibility index (Phi) is 9.31. The maximum absolute atomic E-state index is 13.6. The SMILES string of the molecule is COc1cc(F)ccc1[C@H](C1CCOCC1)N1CCNCC1.Cl.Cl. The topological polar surface area (TPSA) is 33.7 Å². The summed E-state index contributed by atoms with van der Waals surface area (Å²) in [5.41, 5.74) is 1.11. The molecular formula is C17H27Cl2FN2O2. The minimum absolute atomic E-state index is 0. The lowest BCUT2D eigenvalue weighted by Crippen LogP contribution is -2.47. The first-order valence-electron chi connectivity index (χ1n) is 8.15. The van der Waals surface area contributed by atoms with Gasteiger partial charge in [-0.05, 0) is 24.8 Å². The lowest BCUT2D eigenvalue weighted by atomic mass is 9.85. The fourth-order valence-corrected chi connectivity index (χ4v) is 3.67. The molecule has 0 spiro atoms. The zero-order valence-corrected chi connectivity index (χ0v) is 15.6. The van der Waals surface area contributed by atoms with Crippen molar-refractivity contribution in [2.24, 2.45) is 5.92 Å². The van der Waals surface area contributed by atoms with Crippen LogP contribution in [0.25, 0.3) is 0 Å². The second-order valence-corrected chi connectivity index (χ2v) is 6.07. The fraction of sp³-hybridized carbons (Fsp3) is 0.647. The van der Waals surface area contributed by atoms with E-state index in [-0.39, 0.29) is 36.7 Å². The van der Waals surface area contributed by atoms with Gasteiger partial charge in [-0.2, -0.15) is 0 Å². The van der Waals surface area contributed by atoms with Gasteiger partial charge >= 0.3 is 0 Å². The van der Waals surface area contributed by atoms with Gasteiger partial charge in [0.15, 0.2) is 0 Å². The molecule has 24 heavy (non-hydrogen) atoms. The Morgan fingerprint density at radius 3 is 2.50 bits per heavy atom. The summed E-state index contributed by atoms with van der Waals surface area (Å²) in [4.78, 5) is 2.52. The molecule has 138 valence electrons. The summed E-state index contributed by atoms with van der Waals surface area (Å²) in [6.07, 6.45) is 2.10. The van der Waals surface area contributed by atoms with E-state index < -0.39 is 0 Å². The lowest BCUT2D eigenvalue weighted by Gasteiger charge is -2.41. The fourth-order valence-electron chi connectivity index (χ4n) is 3.67. The van der Waals surface area contributed by atoms with Crippen molar-refractivity contribution in [3.8, 4) is 5.75 Å². The number of methoxy groups -OCH3 is 1. The van der Waals surface area contributed by atoms with E-state index in [1.165, 1.54) is 6.07 Å². The average Bonchev–Trinajstić information content (AvgIpc) is 2.58. The van der Waals surface area contributed by atoms with Gasteiger partial charge < -0.3 is 14.8 Å². The number of hydrogen-bond acceptors (Lipinski definition) is 4. The van der Waals surface area contributed by atoms with Crippen LogP contribution >= 0.6 is 24.8 Å². The second kappa shape index (κ2) is 10.4. The number of piperazine rings is 1. The van der Waals surface area contributed by atoms with Crippen molar-refractivity contribution in [2.45, 2.75) is 18.9 Å².